The zero-order chi connectivity index (χ0) is 39.2. The molecule has 0 bridgehead atoms. The number of oxime groups is 1. The highest BCUT2D eigenvalue weighted by molar-refractivity contribution is 7.90. The van der Waals surface area contributed by atoms with Crippen molar-refractivity contribution in [3.05, 3.63) is 108 Å². The molecule has 1 saturated carbocycles. The van der Waals surface area contributed by atoms with Crippen LogP contribution in [-0.2, 0) is 37.2 Å². The largest absolute Gasteiger partial charge is 0.461 e. The molecule has 0 radical (unpaired) electrons. The van der Waals surface area contributed by atoms with Crippen molar-refractivity contribution in [1.29, 1.82) is 0 Å². The van der Waals surface area contributed by atoms with Crippen molar-refractivity contribution < 1.29 is 22.8 Å². The maximum absolute atomic E-state index is 11.4. The lowest BCUT2D eigenvalue weighted by atomic mass is 9.84. The van der Waals surface area contributed by atoms with Crippen LogP contribution in [0.15, 0.2) is 91.1 Å². The van der Waals surface area contributed by atoms with Crippen molar-refractivity contribution in [1.82, 2.24) is 4.72 Å². The molecule has 8 heteroatoms. The van der Waals surface area contributed by atoms with Gasteiger partial charge in [-0.25, -0.2) is 13.1 Å². The van der Waals surface area contributed by atoms with E-state index >= 15 is 0 Å². The van der Waals surface area contributed by atoms with Crippen LogP contribution in [0.1, 0.15) is 111 Å². The van der Waals surface area contributed by atoms with Crippen molar-refractivity contribution in [2.45, 2.75) is 125 Å². The van der Waals surface area contributed by atoms with Crippen molar-refractivity contribution in [2.24, 2.45) is 22.4 Å². The maximum atomic E-state index is 11.4. The van der Waals surface area contributed by atoms with Crippen molar-refractivity contribution >= 4 is 21.7 Å². The van der Waals surface area contributed by atoms with E-state index in [-0.39, 0.29) is 35.4 Å². The Morgan fingerprint density at radius 1 is 0.750 bits per heavy atom. The van der Waals surface area contributed by atoms with Gasteiger partial charge >= 0.3 is 5.97 Å². The van der Waals surface area contributed by atoms with Gasteiger partial charge in [-0.2, -0.15) is 0 Å². The van der Waals surface area contributed by atoms with Gasteiger partial charge < -0.3 is 9.57 Å². The van der Waals surface area contributed by atoms with Crippen molar-refractivity contribution in [2.75, 3.05) is 0 Å². The summed E-state index contributed by atoms with van der Waals surface area (Å²) in [6, 6.07) is 25.0. The van der Waals surface area contributed by atoms with E-state index in [0.717, 1.165) is 48.4 Å². The molecule has 3 aromatic rings. The van der Waals surface area contributed by atoms with Gasteiger partial charge in [0, 0.05) is 30.0 Å². The number of carbonyl (C=O) groups excluding carboxylic acids is 1. The standard InChI is InChI=1S/C16H15NO.C13H16O2.C7H16.C6H13NO2S.C2H4/c1-11(2)18-17-16-14-9-5-3-7-12(14)13-8-4-6-10-15(13)16;1-9(2)13(14)15-12-7-10-5-3-4-6-11(10)8-12;1-6(2)7(3,4)5;1-5(2)7-10(8,9)6-3-4-6;1-2/h3-11H,1-2H3;3-6,9,12H,7-8H2,1-2H3;6H,1-5H3;5-7H,3-4H2,1-2H3;1-2H2. The fourth-order valence-electron chi connectivity index (χ4n) is 4.96. The Morgan fingerprint density at radius 2 is 1.15 bits per heavy atom. The van der Waals surface area contributed by atoms with Crippen LogP contribution in [0.5, 0.6) is 0 Å². The molecule has 52 heavy (non-hydrogen) atoms. The normalized spacial score (nSPS) is 14.3. The molecule has 1 fully saturated rings. The summed E-state index contributed by atoms with van der Waals surface area (Å²) in [6.45, 7) is 28.6. The molecule has 3 aliphatic rings. The Hall–Kier alpha value is -3.75. The first-order chi connectivity index (χ1) is 24.4. The SMILES string of the molecule is C=C.CC(C)C(=O)OC1Cc2ccccc2C1.CC(C)C(C)(C)C.CC(C)NS(=O)(=O)C1CC1.CC(C)ON=C1c2ccccc2-c2ccccc21. The first-order valence-electron chi connectivity index (χ1n) is 18.6. The molecule has 0 amide bonds. The predicted octanol–water partition coefficient (Wildman–Crippen LogP) is 10.2. The van der Waals surface area contributed by atoms with Crippen LogP contribution in [0, 0.1) is 17.3 Å². The van der Waals surface area contributed by atoms with Gasteiger partial charge in [0.1, 0.15) is 17.9 Å². The maximum Gasteiger partial charge on any atom is 0.308 e. The summed E-state index contributed by atoms with van der Waals surface area (Å²) in [5, 5.41) is 4.23. The lowest BCUT2D eigenvalue weighted by molar-refractivity contribution is -0.152. The molecule has 0 aliphatic heterocycles. The number of fused-ring (bicyclic) bond motifs is 4. The lowest BCUT2D eigenvalue weighted by Crippen LogP contribution is -2.32. The minimum absolute atomic E-state index is 0.0330. The number of benzene rings is 3. The number of sulfonamides is 1. The van der Waals surface area contributed by atoms with Crippen LogP contribution >= 0.6 is 0 Å². The van der Waals surface area contributed by atoms with E-state index < -0.39 is 10.0 Å². The van der Waals surface area contributed by atoms with E-state index in [4.69, 9.17) is 9.57 Å². The second-order valence-corrected chi connectivity index (χ2v) is 17.6. The van der Waals surface area contributed by atoms with E-state index in [1.54, 1.807) is 0 Å². The topological polar surface area (TPSA) is 94.1 Å². The number of nitrogens with zero attached hydrogens (tertiary/aromatic N) is 1. The van der Waals surface area contributed by atoms with Crippen LogP contribution in [0.25, 0.3) is 11.1 Å². The lowest BCUT2D eigenvalue weighted by Gasteiger charge is -2.22. The fourth-order valence-corrected chi connectivity index (χ4v) is 6.56. The fraction of sp³-hybridized carbons (Fsp3) is 0.500. The van der Waals surface area contributed by atoms with Crippen LogP contribution in [-0.4, -0.2) is 43.6 Å². The Bertz CT molecular complexity index is 1630. The van der Waals surface area contributed by atoms with E-state index in [0.29, 0.717) is 5.41 Å². The molecule has 0 heterocycles. The number of rotatable bonds is 7. The third-order valence-electron chi connectivity index (χ3n) is 8.87. The summed E-state index contributed by atoms with van der Waals surface area (Å²) in [4.78, 5) is 16.9. The second-order valence-electron chi connectivity index (χ2n) is 15.6. The Balaban J connectivity index is 0.000000249. The zero-order valence-corrected chi connectivity index (χ0v) is 34.3. The number of esters is 1. The molecule has 6 rings (SSSR count). The van der Waals surface area contributed by atoms with Gasteiger partial charge in [0.2, 0.25) is 10.0 Å². The van der Waals surface area contributed by atoms with Gasteiger partial charge in [0.05, 0.1) is 11.2 Å². The van der Waals surface area contributed by atoms with Gasteiger partial charge in [-0.1, -0.05) is 126 Å². The minimum Gasteiger partial charge on any atom is -0.461 e. The van der Waals surface area contributed by atoms with Gasteiger partial charge in [-0.3, -0.25) is 4.79 Å². The molecule has 1 N–H and O–H groups in total. The monoisotopic (exact) mass is 732 g/mol. The summed E-state index contributed by atoms with van der Waals surface area (Å²) in [7, 11) is -2.94. The average molecular weight is 733 g/mol. The number of hydrogen-bond donors (Lipinski definition) is 1. The molecular weight excluding hydrogens is 669 g/mol. The summed E-state index contributed by atoms with van der Waals surface area (Å²) in [6.07, 6.45) is 3.56. The molecule has 0 unspecified atom stereocenters. The average Bonchev–Trinajstić information content (AvgIpc) is 3.80. The van der Waals surface area contributed by atoms with Gasteiger partial charge in [-0.05, 0) is 74.1 Å². The van der Waals surface area contributed by atoms with E-state index in [1.807, 2.05) is 65.8 Å². The molecule has 3 aromatic carbocycles. The first-order valence-corrected chi connectivity index (χ1v) is 20.2. The van der Waals surface area contributed by atoms with E-state index in [9.17, 15) is 13.2 Å². The van der Waals surface area contributed by atoms with Gasteiger partial charge in [0.15, 0.2) is 0 Å². The van der Waals surface area contributed by atoms with Crippen LogP contribution in [0.2, 0.25) is 0 Å². The summed E-state index contributed by atoms with van der Waals surface area (Å²) >= 11 is 0. The minimum atomic E-state index is -2.94. The third kappa shape index (κ3) is 14.0. The molecular formula is C44H64N2O5S. The van der Waals surface area contributed by atoms with Gasteiger partial charge in [0.25, 0.3) is 0 Å². The quantitative estimate of drug-likeness (QED) is 0.116. The summed E-state index contributed by atoms with van der Waals surface area (Å²) in [5.74, 6) is 0.675. The predicted molar refractivity (Wildman–Crippen MR) is 218 cm³/mol. The smallest absolute Gasteiger partial charge is 0.308 e. The Labute approximate surface area is 315 Å². The molecule has 7 nitrogen and oxygen atoms in total. The second kappa shape index (κ2) is 20.5. The van der Waals surface area contributed by atoms with Crippen molar-refractivity contribution in [3.8, 4) is 11.1 Å². The van der Waals surface area contributed by atoms with Crippen LogP contribution < -0.4 is 4.72 Å². The highest BCUT2D eigenvalue weighted by Gasteiger charge is 2.35. The number of hydrogen-bond acceptors (Lipinski definition) is 6. The van der Waals surface area contributed by atoms with Crippen molar-refractivity contribution in [3.63, 3.8) is 0 Å². The van der Waals surface area contributed by atoms with Crippen LogP contribution in [0.4, 0.5) is 0 Å². The molecule has 0 atom stereocenters. The molecule has 0 aromatic heterocycles. The highest BCUT2D eigenvalue weighted by atomic mass is 32.2. The molecule has 0 saturated heterocycles. The summed E-state index contributed by atoms with van der Waals surface area (Å²) < 4.78 is 30.2. The first kappa shape index (κ1) is 44.4. The Morgan fingerprint density at radius 3 is 1.50 bits per heavy atom. The highest BCUT2D eigenvalue weighted by Crippen LogP contribution is 2.36. The zero-order valence-electron chi connectivity index (χ0n) is 33.5. The van der Waals surface area contributed by atoms with Crippen LogP contribution in [0.3, 0.4) is 0 Å². The molecule has 0 spiro atoms. The number of carbonyl (C=O) groups is 1. The number of ether oxygens (including phenoxy) is 1. The molecule has 286 valence electrons. The van der Waals surface area contributed by atoms with E-state index in [2.05, 4.69) is 106 Å². The Kier molecular flexibility index (Phi) is 17.5. The van der Waals surface area contributed by atoms with Gasteiger partial charge in [-0.15, -0.1) is 13.2 Å². The molecule has 3 aliphatic carbocycles. The summed E-state index contributed by atoms with van der Waals surface area (Å²) in [5.41, 5.74) is 8.85. The van der Waals surface area contributed by atoms with E-state index in [1.165, 1.54) is 22.3 Å². The third-order valence-corrected chi connectivity index (χ3v) is 11.0. The number of nitrogens with one attached hydrogen (secondary N) is 1.